The SMILES string of the molecule is CC1CN(C2CCNCC2)C(C)(C)C1. The highest BCUT2D eigenvalue weighted by Crippen LogP contribution is 2.35. The molecule has 0 aromatic rings. The van der Waals surface area contributed by atoms with Gasteiger partial charge in [0.15, 0.2) is 0 Å². The van der Waals surface area contributed by atoms with Crippen molar-refractivity contribution in [2.24, 2.45) is 5.92 Å². The van der Waals surface area contributed by atoms with Gasteiger partial charge in [-0.1, -0.05) is 6.92 Å². The van der Waals surface area contributed by atoms with Crippen molar-refractivity contribution < 1.29 is 0 Å². The molecule has 2 heteroatoms. The van der Waals surface area contributed by atoms with E-state index in [4.69, 9.17) is 0 Å². The second-order valence-electron chi connectivity index (χ2n) is 5.76. The zero-order valence-corrected chi connectivity index (χ0v) is 9.84. The van der Waals surface area contributed by atoms with E-state index in [2.05, 4.69) is 31.0 Å². The minimum Gasteiger partial charge on any atom is -0.317 e. The van der Waals surface area contributed by atoms with Gasteiger partial charge in [-0.3, -0.25) is 4.90 Å². The van der Waals surface area contributed by atoms with Crippen molar-refractivity contribution in [3.63, 3.8) is 0 Å². The highest BCUT2D eigenvalue weighted by Gasteiger charge is 2.40. The van der Waals surface area contributed by atoms with Gasteiger partial charge in [0.25, 0.3) is 0 Å². The Morgan fingerprint density at radius 1 is 1.21 bits per heavy atom. The molecule has 1 atom stereocenters. The van der Waals surface area contributed by atoms with Crippen LogP contribution in [0.4, 0.5) is 0 Å². The molecule has 1 unspecified atom stereocenters. The molecule has 0 aromatic heterocycles. The largest absolute Gasteiger partial charge is 0.317 e. The summed E-state index contributed by atoms with van der Waals surface area (Å²) >= 11 is 0. The predicted octanol–water partition coefficient (Wildman–Crippen LogP) is 1.86. The lowest BCUT2D eigenvalue weighted by molar-refractivity contribution is 0.0932. The molecule has 0 aliphatic carbocycles. The van der Waals surface area contributed by atoms with E-state index in [1.165, 1.54) is 38.9 Å². The number of rotatable bonds is 1. The lowest BCUT2D eigenvalue weighted by Gasteiger charge is -2.40. The zero-order valence-electron chi connectivity index (χ0n) is 9.84. The molecule has 2 aliphatic heterocycles. The monoisotopic (exact) mass is 196 g/mol. The van der Waals surface area contributed by atoms with Crippen molar-refractivity contribution in [3.8, 4) is 0 Å². The van der Waals surface area contributed by atoms with Crippen LogP contribution in [0.2, 0.25) is 0 Å². The van der Waals surface area contributed by atoms with Gasteiger partial charge >= 0.3 is 0 Å². The first kappa shape index (κ1) is 10.4. The number of nitrogens with one attached hydrogen (secondary N) is 1. The molecule has 14 heavy (non-hydrogen) atoms. The molecular weight excluding hydrogens is 172 g/mol. The average Bonchev–Trinajstić information content (AvgIpc) is 2.41. The number of hydrogen-bond donors (Lipinski definition) is 1. The molecule has 2 aliphatic rings. The first-order chi connectivity index (χ1) is 6.59. The van der Waals surface area contributed by atoms with Crippen molar-refractivity contribution in [2.75, 3.05) is 19.6 Å². The molecule has 0 bridgehead atoms. The zero-order chi connectivity index (χ0) is 10.2. The molecule has 0 spiro atoms. The Kier molecular flexibility index (Phi) is 2.85. The van der Waals surface area contributed by atoms with E-state index < -0.39 is 0 Å². The minimum absolute atomic E-state index is 0.446. The fourth-order valence-electron chi connectivity index (χ4n) is 3.38. The molecule has 0 saturated carbocycles. The standard InChI is InChI=1S/C12H24N2/c1-10-8-12(2,3)14(9-10)11-4-6-13-7-5-11/h10-11,13H,4-9H2,1-3H3. The van der Waals surface area contributed by atoms with Gasteiger partial charge in [-0.2, -0.15) is 0 Å². The van der Waals surface area contributed by atoms with Crippen molar-refractivity contribution >= 4 is 0 Å². The molecule has 2 saturated heterocycles. The van der Waals surface area contributed by atoms with Gasteiger partial charge in [0, 0.05) is 18.1 Å². The molecule has 2 fully saturated rings. The summed E-state index contributed by atoms with van der Waals surface area (Å²) in [5.41, 5.74) is 0.446. The highest BCUT2D eigenvalue weighted by atomic mass is 15.2. The van der Waals surface area contributed by atoms with Crippen molar-refractivity contribution in [1.82, 2.24) is 10.2 Å². The second-order valence-corrected chi connectivity index (χ2v) is 5.76. The summed E-state index contributed by atoms with van der Waals surface area (Å²) in [4.78, 5) is 2.76. The average molecular weight is 196 g/mol. The maximum absolute atomic E-state index is 3.45. The van der Waals surface area contributed by atoms with Gasteiger partial charge in [0.05, 0.1) is 0 Å². The summed E-state index contributed by atoms with van der Waals surface area (Å²) < 4.78 is 0. The van der Waals surface area contributed by atoms with Gasteiger partial charge in [-0.25, -0.2) is 0 Å². The van der Waals surface area contributed by atoms with Gasteiger partial charge in [0.1, 0.15) is 0 Å². The lowest BCUT2D eigenvalue weighted by Crippen LogP contribution is -2.49. The van der Waals surface area contributed by atoms with E-state index in [1.807, 2.05) is 0 Å². The maximum Gasteiger partial charge on any atom is 0.0159 e. The Morgan fingerprint density at radius 2 is 1.86 bits per heavy atom. The van der Waals surface area contributed by atoms with Crippen LogP contribution >= 0.6 is 0 Å². The summed E-state index contributed by atoms with van der Waals surface area (Å²) in [6.07, 6.45) is 4.06. The summed E-state index contributed by atoms with van der Waals surface area (Å²) in [7, 11) is 0. The Morgan fingerprint density at radius 3 is 2.36 bits per heavy atom. The van der Waals surface area contributed by atoms with Gasteiger partial charge in [0.2, 0.25) is 0 Å². The van der Waals surface area contributed by atoms with Crippen molar-refractivity contribution in [1.29, 1.82) is 0 Å². The molecule has 2 heterocycles. The second kappa shape index (κ2) is 3.82. The third kappa shape index (κ3) is 1.96. The normalized spacial score (nSPS) is 34.9. The van der Waals surface area contributed by atoms with Crippen LogP contribution in [0.25, 0.3) is 0 Å². The van der Waals surface area contributed by atoms with Crippen LogP contribution in [0.5, 0.6) is 0 Å². The van der Waals surface area contributed by atoms with E-state index >= 15 is 0 Å². The fraction of sp³-hybridized carbons (Fsp3) is 1.00. The number of piperidine rings is 1. The molecular formula is C12H24N2. The summed E-state index contributed by atoms with van der Waals surface area (Å²) in [5.74, 6) is 0.889. The molecule has 2 nitrogen and oxygen atoms in total. The summed E-state index contributed by atoms with van der Waals surface area (Å²) in [6, 6.07) is 0.844. The molecule has 1 N–H and O–H groups in total. The highest BCUT2D eigenvalue weighted by molar-refractivity contribution is 4.95. The first-order valence-electron chi connectivity index (χ1n) is 6.07. The maximum atomic E-state index is 3.45. The number of hydrogen-bond acceptors (Lipinski definition) is 2. The van der Waals surface area contributed by atoms with Gasteiger partial charge in [-0.05, 0) is 52.1 Å². The minimum atomic E-state index is 0.446. The Bertz CT molecular complexity index is 194. The Hall–Kier alpha value is -0.0800. The number of nitrogens with zero attached hydrogens (tertiary/aromatic N) is 1. The Labute approximate surface area is 88.1 Å². The third-order valence-corrected chi connectivity index (χ3v) is 3.88. The Balaban J connectivity index is 2.01. The van der Waals surface area contributed by atoms with Crippen LogP contribution in [-0.2, 0) is 0 Å². The van der Waals surface area contributed by atoms with Crippen molar-refractivity contribution in [2.45, 2.75) is 51.6 Å². The third-order valence-electron chi connectivity index (χ3n) is 3.88. The summed E-state index contributed by atoms with van der Waals surface area (Å²) in [6.45, 7) is 11.0. The van der Waals surface area contributed by atoms with Gasteiger partial charge in [-0.15, -0.1) is 0 Å². The molecule has 0 aromatic carbocycles. The van der Waals surface area contributed by atoms with Crippen LogP contribution < -0.4 is 5.32 Å². The molecule has 0 amide bonds. The van der Waals surface area contributed by atoms with Crippen LogP contribution in [-0.4, -0.2) is 36.1 Å². The van der Waals surface area contributed by atoms with Crippen LogP contribution in [0, 0.1) is 5.92 Å². The van der Waals surface area contributed by atoms with E-state index in [1.54, 1.807) is 0 Å². The van der Waals surface area contributed by atoms with Gasteiger partial charge < -0.3 is 5.32 Å². The van der Waals surface area contributed by atoms with E-state index in [0.717, 1.165) is 12.0 Å². The molecule has 2 rings (SSSR count). The first-order valence-corrected chi connectivity index (χ1v) is 6.07. The quantitative estimate of drug-likeness (QED) is 0.688. The lowest BCUT2D eigenvalue weighted by atomic mass is 9.95. The predicted molar refractivity (Wildman–Crippen MR) is 60.5 cm³/mol. The number of likely N-dealkylation sites (tertiary alicyclic amines) is 1. The smallest absolute Gasteiger partial charge is 0.0159 e. The van der Waals surface area contributed by atoms with E-state index in [0.29, 0.717) is 5.54 Å². The summed E-state index contributed by atoms with van der Waals surface area (Å²) in [5, 5.41) is 3.45. The topological polar surface area (TPSA) is 15.3 Å². The van der Waals surface area contributed by atoms with E-state index in [-0.39, 0.29) is 0 Å². The van der Waals surface area contributed by atoms with Crippen LogP contribution in [0.3, 0.4) is 0 Å². The molecule has 0 radical (unpaired) electrons. The fourth-order valence-corrected chi connectivity index (χ4v) is 3.38. The van der Waals surface area contributed by atoms with Crippen molar-refractivity contribution in [3.05, 3.63) is 0 Å². The van der Waals surface area contributed by atoms with Crippen LogP contribution in [0.15, 0.2) is 0 Å². The van der Waals surface area contributed by atoms with Crippen LogP contribution in [0.1, 0.15) is 40.0 Å². The molecule has 82 valence electrons. The van der Waals surface area contributed by atoms with E-state index in [9.17, 15) is 0 Å².